The van der Waals surface area contributed by atoms with E-state index in [1.807, 2.05) is 0 Å². The normalized spacial score (nSPS) is 22.1. The van der Waals surface area contributed by atoms with Crippen LogP contribution < -0.4 is 22.5 Å². The Labute approximate surface area is 150 Å². The molecule has 27 heavy (non-hydrogen) atoms. The molecule has 2 saturated carbocycles. The van der Waals surface area contributed by atoms with Gasteiger partial charge >= 0.3 is 22.5 Å². The predicted octanol–water partition coefficient (Wildman–Crippen LogP) is 0.830. The smallest absolute Gasteiger partial charge is 0.346 e. The average molecular weight is 370 g/mol. The summed E-state index contributed by atoms with van der Waals surface area (Å²) >= 11 is 0. The van der Waals surface area contributed by atoms with Crippen molar-refractivity contribution in [1.29, 1.82) is 0 Å². The molecule has 2 aliphatic rings. The molecule has 2 fully saturated rings. The Morgan fingerprint density at radius 2 is 0.926 bits per heavy atom. The first-order valence-corrected chi connectivity index (χ1v) is 8.63. The third-order valence-electron chi connectivity index (χ3n) is 5.35. The largest absolute Gasteiger partial charge is 0.386 e. The highest BCUT2D eigenvalue weighted by Crippen LogP contribution is 2.37. The van der Waals surface area contributed by atoms with Crippen molar-refractivity contribution in [3.05, 3.63) is 53.8 Å². The van der Waals surface area contributed by atoms with E-state index in [-0.39, 0.29) is 51.4 Å². The van der Waals surface area contributed by atoms with Crippen molar-refractivity contribution in [2.75, 3.05) is 0 Å². The van der Waals surface area contributed by atoms with Crippen LogP contribution in [0, 0.1) is 11.8 Å². The minimum absolute atomic E-state index is 0.0181. The van der Waals surface area contributed by atoms with Gasteiger partial charge in [0, 0.05) is 11.8 Å². The van der Waals surface area contributed by atoms with Gasteiger partial charge in [-0.05, 0) is 25.0 Å². The zero-order chi connectivity index (χ0) is 19.3. The molecule has 0 radical (unpaired) electrons. The Hall–Kier alpha value is -3.16. The molecule has 2 aliphatic carbocycles. The molecule has 0 bridgehead atoms. The van der Waals surface area contributed by atoms with Crippen LogP contribution in [0.25, 0.3) is 21.5 Å². The number of hydrogen-bond acceptors (Lipinski definition) is 8. The van der Waals surface area contributed by atoms with E-state index >= 15 is 0 Å². The van der Waals surface area contributed by atoms with Crippen LogP contribution in [0.3, 0.4) is 0 Å². The third kappa shape index (κ3) is 2.77. The van der Waals surface area contributed by atoms with Crippen LogP contribution in [0.15, 0.2) is 40.1 Å². The van der Waals surface area contributed by atoms with Gasteiger partial charge in [0.25, 0.3) is 0 Å². The van der Waals surface area contributed by atoms with E-state index in [2.05, 4.69) is 8.83 Å². The number of carbonyl (C=O) groups is 2. The molecule has 2 atom stereocenters. The van der Waals surface area contributed by atoms with Gasteiger partial charge in [0.05, 0.1) is 28.0 Å². The number of ketones is 2. The first kappa shape index (κ1) is 17.3. The maximum absolute atomic E-state index is 11.2. The maximum Gasteiger partial charge on any atom is 0.346 e. The highest BCUT2D eigenvalue weighted by atomic mass is 16.4. The molecular formula is C19H14O8. The van der Waals surface area contributed by atoms with Gasteiger partial charge in [0.1, 0.15) is 11.6 Å². The van der Waals surface area contributed by atoms with E-state index in [0.29, 0.717) is 0 Å². The summed E-state index contributed by atoms with van der Waals surface area (Å²) in [5.74, 6) is 0.659. The van der Waals surface area contributed by atoms with Gasteiger partial charge in [-0.3, -0.25) is 9.59 Å². The summed E-state index contributed by atoms with van der Waals surface area (Å²) < 4.78 is 8.68. The summed E-state index contributed by atoms with van der Waals surface area (Å²) in [5, 5.41) is -0.0726. The van der Waals surface area contributed by atoms with E-state index in [9.17, 15) is 28.8 Å². The zero-order valence-electron chi connectivity index (χ0n) is 14.1. The molecular weight excluding hydrogens is 356 g/mol. The summed E-state index contributed by atoms with van der Waals surface area (Å²) in [6, 6.07) is 2.29. The van der Waals surface area contributed by atoms with Crippen LogP contribution >= 0.6 is 0 Å². The van der Waals surface area contributed by atoms with Gasteiger partial charge in [-0.1, -0.05) is 12.8 Å². The standard InChI is InChI=1S/C10H2O6.C9H12O2/c11-7-3-1-4-6(10(14)16-8(4)12)2-5(3)9(13)15-7;10-8-5-9(11)7-4-2-1-3-6(7)8/h1-2H;6-7H,1-5H2. The average Bonchev–Trinajstić information content (AvgIpc) is 3.21. The van der Waals surface area contributed by atoms with Gasteiger partial charge in [0.2, 0.25) is 0 Å². The molecule has 1 aromatic carbocycles. The predicted molar refractivity (Wildman–Crippen MR) is 93.5 cm³/mol. The van der Waals surface area contributed by atoms with Crippen molar-refractivity contribution in [3.63, 3.8) is 0 Å². The fourth-order valence-corrected chi connectivity index (χ4v) is 4.00. The number of benzene rings is 1. The van der Waals surface area contributed by atoms with E-state index in [1.54, 1.807) is 0 Å². The van der Waals surface area contributed by atoms with E-state index in [1.165, 1.54) is 0 Å². The fraction of sp³-hybridized carbons (Fsp3) is 0.368. The first-order chi connectivity index (χ1) is 12.9. The lowest BCUT2D eigenvalue weighted by atomic mass is 9.81. The lowest BCUT2D eigenvalue weighted by Crippen LogP contribution is -2.21. The minimum atomic E-state index is -0.824. The van der Waals surface area contributed by atoms with Gasteiger partial charge in [-0.25, -0.2) is 19.2 Å². The Morgan fingerprint density at radius 1 is 0.593 bits per heavy atom. The number of fused-ring (bicyclic) bond motifs is 3. The second-order valence-electron chi connectivity index (χ2n) is 6.90. The van der Waals surface area contributed by atoms with Crippen LogP contribution in [0.5, 0.6) is 0 Å². The van der Waals surface area contributed by atoms with Crippen LogP contribution in [0.2, 0.25) is 0 Å². The molecule has 138 valence electrons. The lowest BCUT2D eigenvalue weighted by Gasteiger charge is -2.21. The molecule has 2 unspecified atom stereocenters. The van der Waals surface area contributed by atoms with E-state index in [0.717, 1.165) is 37.8 Å². The summed E-state index contributed by atoms with van der Waals surface area (Å²) in [4.78, 5) is 67.1. The van der Waals surface area contributed by atoms with Crippen LogP contribution in [-0.2, 0) is 9.59 Å². The number of Topliss-reactive ketones (excluding diaryl/α,β-unsaturated/α-hetero) is 2. The lowest BCUT2D eigenvalue weighted by molar-refractivity contribution is -0.122. The third-order valence-corrected chi connectivity index (χ3v) is 5.35. The molecule has 2 aromatic heterocycles. The Morgan fingerprint density at radius 3 is 1.26 bits per heavy atom. The van der Waals surface area contributed by atoms with Crippen molar-refractivity contribution >= 4 is 33.1 Å². The van der Waals surface area contributed by atoms with E-state index < -0.39 is 22.5 Å². The Bertz CT molecular complexity index is 1110. The van der Waals surface area contributed by atoms with Gasteiger partial charge in [-0.2, -0.15) is 0 Å². The van der Waals surface area contributed by atoms with Crippen molar-refractivity contribution in [2.45, 2.75) is 32.1 Å². The number of rotatable bonds is 0. The topological polar surface area (TPSA) is 129 Å². The quantitative estimate of drug-likeness (QED) is 0.532. The Kier molecular flexibility index (Phi) is 3.98. The molecule has 0 aliphatic heterocycles. The van der Waals surface area contributed by atoms with Gasteiger partial charge in [-0.15, -0.1) is 0 Å². The molecule has 8 heteroatoms. The first-order valence-electron chi connectivity index (χ1n) is 8.63. The number of carbonyl (C=O) groups excluding carboxylic acids is 2. The van der Waals surface area contributed by atoms with Gasteiger partial charge in [0.15, 0.2) is 0 Å². The summed E-state index contributed by atoms with van der Waals surface area (Å²) in [6.07, 6.45) is 4.44. The van der Waals surface area contributed by atoms with Crippen molar-refractivity contribution in [3.8, 4) is 0 Å². The van der Waals surface area contributed by atoms with Crippen LogP contribution in [0.1, 0.15) is 32.1 Å². The molecule has 8 nitrogen and oxygen atoms in total. The second-order valence-corrected chi connectivity index (χ2v) is 6.90. The molecule has 0 spiro atoms. The summed E-state index contributed by atoms with van der Waals surface area (Å²) in [6.45, 7) is 0. The van der Waals surface area contributed by atoms with Gasteiger partial charge < -0.3 is 8.83 Å². The van der Waals surface area contributed by atoms with E-state index in [4.69, 9.17) is 0 Å². The highest BCUT2D eigenvalue weighted by molar-refractivity contribution is 6.08. The second kappa shape index (κ2) is 6.22. The SMILES string of the molecule is O=C1CC(=O)C2CCCCC12.O=c1oc(=O)c2cc3c(=O)oc(=O)c3cc12. The van der Waals surface area contributed by atoms with Crippen molar-refractivity contribution in [2.24, 2.45) is 11.8 Å². The summed E-state index contributed by atoms with van der Waals surface area (Å²) in [7, 11) is 0. The summed E-state index contributed by atoms with van der Waals surface area (Å²) in [5.41, 5.74) is -3.30. The molecule has 5 rings (SSSR count). The Balaban J connectivity index is 0.000000143. The molecule has 2 heterocycles. The minimum Gasteiger partial charge on any atom is -0.386 e. The molecule has 0 amide bonds. The zero-order valence-corrected chi connectivity index (χ0v) is 14.1. The molecule has 3 aromatic rings. The van der Waals surface area contributed by atoms with Crippen molar-refractivity contribution in [1.82, 2.24) is 0 Å². The van der Waals surface area contributed by atoms with Crippen LogP contribution in [0.4, 0.5) is 0 Å². The molecule has 0 N–H and O–H groups in total. The number of hydrogen-bond donors (Lipinski definition) is 0. The molecule has 0 saturated heterocycles. The monoisotopic (exact) mass is 370 g/mol. The van der Waals surface area contributed by atoms with Crippen molar-refractivity contribution < 1.29 is 18.4 Å². The number of furan rings is 2. The highest BCUT2D eigenvalue weighted by Gasteiger charge is 2.41. The van der Waals surface area contributed by atoms with Crippen LogP contribution in [-0.4, -0.2) is 11.6 Å². The fourth-order valence-electron chi connectivity index (χ4n) is 4.00. The maximum atomic E-state index is 11.2.